The van der Waals surface area contributed by atoms with Crippen LogP contribution in [0.4, 0.5) is 17.1 Å². The summed E-state index contributed by atoms with van der Waals surface area (Å²) in [6, 6.07) is 90.0. The van der Waals surface area contributed by atoms with Gasteiger partial charge in [0.1, 0.15) is 5.58 Å². The number of nitrogens with zero attached hydrogens (tertiary/aromatic N) is 1. The molecule has 2 nitrogen and oxygen atoms in total. The molecule has 0 saturated heterocycles. The van der Waals surface area contributed by atoms with Crippen molar-refractivity contribution in [3.05, 3.63) is 249 Å². The first-order valence-corrected chi connectivity index (χ1v) is 23.6. The minimum Gasteiger partial charge on any atom is -0.454 e. The van der Waals surface area contributed by atoms with E-state index in [9.17, 15) is 0 Å². The second-order valence-corrected chi connectivity index (χ2v) is 18.2. The number of fused-ring (bicyclic) bond motifs is 7. The monoisotopic (exact) mass is 871 g/mol. The second kappa shape index (κ2) is 16.2. The summed E-state index contributed by atoms with van der Waals surface area (Å²) in [7, 11) is 0. The molecule has 0 unspecified atom stereocenters. The predicted molar refractivity (Wildman–Crippen MR) is 286 cm³/mol. The van der Waals surface area contributed by atoms with Crippen LogP contribution in [0.2, 0.25) is 0 Å². The normalized spacial score (nSPS) is 11.6. The maximum Gasteiger partial charge on any atom is 0.159 e. The lowest BCUT2D eigenvalue weighted by Gasteiger charge is -2.27. The van der Waals surface area contributed by atoms with E-state index in [0.717, 1.165) is 55.7 Å². The molecule has 13 aromatic rings. The number of rotatable bonds is 8. The Morgan fingerprint density at radius 1 is 0.343 bits per heavy atom. The molecule has 0 saturated carbocycles. The van der Waals surface area contributed by atoms with Crippen LogP contribution in [0, 0.1) is 0 Å². The lowest BCUT2D eigenvalue weighted by Crippen LogP contribution is -2.10. The van der Waals surface area contributed by atoms with E-state index in [-0.39, 0.29) is 0 Å². The Kier molecular flexibility index (Phi) is 9.40. The molecule has 0 N–H and O–H groups in total. The van der Waals surface area contributed by atoms with Gasteiger partial charge in [-0.15, -0.1) is 11.3 Å². The van der Waals surface area contributed by atoms with Crippen LogP contribution in [0.1, 0.15) is 0 Å². The Balaban J connectivity index is 1.06. The molecule has 314 valence electrons. The number of para-hydroxylation sites is 1. The van der Waals surface area contributed by atoms with Crippen LogP contribution in [0.15, 0.2) is 253 Å². The van der Waals surface area contributed by atoms with Gasteiger partial charge in [0.25, 0.3) is 0 Å². The van der Waals surface area contributed by atoms with Crippen molar-refractivity contribution in [1.82, 2.24) is 0 Å². The smallest absolute Gasteiger partial charge is 0.159 e. The van der Waals surface area contributed by atoms with Crippen molar-refractivity contribution in [1.29, 1.82) is 0 Å². The van der Waals surface area contributed by atoms with Crippen molar-refractivity contribution >= 4 is 81.3 Å². The molecular weight excluding hydrogens is 831 g/mol. The Bertz CT molecular complexity index is 3950. The van der Waals surface area contributed by atoms with Crippen LogP contribution in [-0.4, -0.2) is 0 Å². The average Bonchev–Trinajstić information content (AvgIpc) is 3.98. The van der Waals surface area contributed by atoms with E-state index >= 15 is 0 Å². The summed E-state index contributed by atoms with van der Waals surface area (Å²) in [5, 5.41) is 7.08. The highest BCUT2D eigenvalue weighted by atomic mass is 32.1. The van der Waals surface area contributed by atoms with E-state index in [4.69, 9.17) is 4.42 Å². The third kappa shape index (κ3) is 6.71. The zero-order valence-corrected chi connectivity index (χ0v) is 37.3. The first-order valence-electron chi connectivity index (χ1n) is 22.8. The Morgan fingerprint density at radius 3 is 1.63 bits per heavy atom. The molecule has 0 spiro atoms. The second-order valence-electron chi connectivity index (χ2n) is 17.2. The SMILES string of the molecule is c1ccc(-c2ccc3c(c2)oc2c(N(c4ccc(-c5ccc6ccccc6c5-c5ccccc5)cc4)c4ccc(-c5ccccc5)c5sc6cc(-c7ccccc7)ccc6c45)cccc23)cc1. The summed E-state index contributed by atoms with van der Waals surface area (Å²) in [4.78, 5) is 2.43. The van der Waals surface area contributed by atoms with E-state index in [1.807, 2.05) is 11.3 Å². The van der Waals surface area contributed by atoms with Crippen molar-refractivity contribution in [2.45, 2.75) is 0 Å². The number of hydrogen-bond acceptors (Lipinski definition) is 3. The number of thiophene rings is 1. The van der Waals surface area contributed by atoms with Crippen molar-refractivity contribution in [3.8, 4) is 55.6 Å². The van der Waals surface area contributed by atoms with Crippen LogP contribution in [0.3, 0.4) is 0 Å². The average molecular weight is 872 g/mol. The van der Waals surface area contributed by atoms with Gasteiger partial charge < -0.3 is 9.32 Å². The van der Waals surface area contributed by atoms with Crippen molar-refractivity contribution in [2.24, 2.45) is 0 Å². The summed E-state index contributed by atoms with van der Waals surface area (Å²) in [5.41, 5.74) is 16.7. The zero-order valence-electron chi connectivity index (χ0n) is 36.4. The number of furan rings is 1. The van der Waals surface area contributed by atoms with Gasteiger partial charge in [-0.3, -0.25) is 0 Å². The van der Waals surface area contributed by atoms with Gasteiger partial charge in [-0.2, -0.15) is 0 Å². The first-order chi connectivity index (χ1) is 33.2. The molecule has 0 aliphatic heterocycles. The molecule has 3 heteroatoms. The lowest BCUT2D eigenvalue weighted by atomic mass is 9.89. The summed E-state index contributed by atoms with van der Waals surface area (Å²) in [6.45, 7) is 0. The van der Waals surface area contributed by atoms with E-state index in [1.54, 1.807) is 0 Å². The molecule has 0 amide bonds. The van der Waals surface area contributed by atoms with Crippen LogP contribution < -0.4 is 4.90 Å². The van der Waals surface area contributed by atoms with Crippen LogP contribution in [-0.2, 0) is 0 Å². The highest BCUT2D eigenvalue weighted by molar-refractivity contribution is 7.26. The first kappa shape index (κ1) is 38.9. The van der Waals surface area contributed by atoms with Crippen LogP contribution in [0.5, 0.6) is 0 Å². The minimum atomic E-state index is 0.846. The molecule has 0 atom stereocenters. The molecule has 0 aliphatic carbocycles. The fourth-order valence-electron chi connectivity index (χ4n) is 10.1. The van der Waals surface area contributed by atoms with Gasteiger partial charge >= 0.3 is 0 Å². The molecule has 13 rings (SSSR count). The Labute approximate surface area is 392 Å². The van der Waals surface area contributed by atoms with Crippen molar-refractivity contribution < 1.29 is 4.42 Å². The van der Waals surface area contributed by atoms with E-state index < -0.39 is 0 Å². The number of benzene rings is 11. The standard InChI is InChI=1S/C64H41NOS/c1-5-16-42(17-6-1)48-31-36-54-55-26-15-27-58(63(55)66-59(54)40-48)65(50-33-28-46(29-34-50)52-35-30-45-22-13-14-25-51(45)61(52)47-23-11-4-12-24-47)57-39-38-53(44-20-9-3-10-21-44)64-62(57)56-37-32-49(41-60(56)67-64)43-18-7-2-8-19-43/h1-41H. The van der Waals surface area contributed by atoms with Gasteiger partial charge in [0, 0.05) is 36.6 Å². The number of anilines is 3. The fraction of sp³-hybridized carbons (Fsp3) is 0. The van der Waals surface area contributed by atoms with Gasteiger partial charge in [-0.1, -0.05) is 206 Å². The maximum atomic E-state index is 7.07. The summed E-state index contributed by atoms with van der Waals surface area (Å²) in [6.07, 6.45) is 0. The lowest BCUT2D eigenvalue weighted by molar-refractivity contribution is 0.669. The molecule has 11 aromatic carbocycles. The summed E-state index contributed by atoms with van der Waals surface area (Å²) in [5.74, 6) is 0. The van der Waals surface area contributed by atoms with E-state index in [2.05, 4.69) is 254 Å². The largest absolute Gasteiger partial charge is 0.454 e. The van der Waals surface area contributed by atoms with Gasteiger partial charge in [0.15, 0.2) is 5.58 Å². The fourth-order valence-corrected chi connectivity index (χ4v) is 11.4. The van der Waals surface area contributed by atoms with Gasteiger partial charge in [-0.05, 0) is 109 Å². The van der Waals surface area contributed by atoms with E-state index in [0.29, 0.717) is 0 Å². The zero-order chi connectivity index (χ0) is 44.3. The highest BCUT2D eigenvalue weighted by Crippen LogP contribution is 2.51. The molecule has 2 heterocycles. The third-order valence-corrected chi connectivity index (χ3v) is 14.5. The predicted octanol–water partition coefficient (Wildman–Crippen LogP) is 18.9. The molecule has 0 aliphatic rings. The molecule has 67 heavy (non-hydrogen) atoms. The van der Waals surface area contributed by atoms with Crippen LogP contribution >= 0.6 is 11.3 Å². The molecule has 2 aromatic heterocycles. The van der Waals surface area contributed by atoms with Crippen molar-refractivity contribution in [2.75, 3.05) is 4.90 Å². The quantitative estimate of drug-likeness (QED) is 0.151. The summed E-state index contributed by atoms with van der Waals surface area (Å²) >= 11 is 1.87. The van der Waals surface area contributed by atoms with Gasteiger partial charge in [0.05, 0.1) is 11.4 Å². The van der Waals surface area contributed by atoms with Gasteiger partial charge in [-0.25, -0.2) is 0 Å². The Morgan fingerprint density at radius 2 is 0.910 bits per heavy atom. The van der Waals surface area contributed by atoms with Gasteiger partial charge in [0.2, 0.25) is 0 Å². The highest BCUT2D eigenvalue weighted by Gasteiger charge is 2.25. The minimum absolute atomic E-state index is 0.846. The summed E-state index contributed by atoms with van der Waals surface area (Å²) < 4.78 is 9.56. The Hall–Kier alpha value is -8.50. The molecular formula is C64H41NOS. The maximum absolute atomic E-state index is 7.07. The van der Waals surface area contributed by atoms with E-state index in [1.165, 1.54) is 69.9 Å². The third-order valence-electron chi connectivity index (χ3n) is 13.3. The molecule has 0 radical (unpaired) electrons. The topological polar surface area (TPSA) is 16.4 Å². The van der Waals surface area contributed by atoms with Crippen molar-refractivity contribution in [3.63, 3.8) is 0 Å². The van der Waals surface area contributed by atoms with Crippen LogP contribution in [0.25, 0.3) is 109 Å². The molecule has 0 fully saturated rings. The molecule has 0 bridgehead atoms. The number of hydrogen-bond donors (Lipinski definition) is 0.